The molecule has 0 N–H and O–H groups in total. The molecule has 0 aliphatic carbocycles. The van der Waals surface area contributed by atoms with Gasteiger partial charge in [0.1, 0.15) is 5.75 Å². The molecule has 0 radical (unpaired) electrons. The van der Waals surface area contributed by atoms with Gasteiger partial charge in [0.2, 0.25) is 5.75 Å². The largest absolute Gasteiger partial charge is 0.497 e. The molecule has 0 aromatic heterocycles. The molecule has 0 fully saturated rings. The van der Waals surface area contributed by atoms with Crippen molar-refractivity contribution in [3.05, 3.63) is 56.8 Å². The number of methoxy groups -OCH3 is 1. The quantitative estimate of drug-likeness (QED) is 0.614. The van der Waals surface area contributed by atoms with Gasteiger partial charge in [0, 0.05) is 16.6 Å². The molecule has 0 spiro atoms. The van der Waals surface area contributed by atoms with Crippen LogP contribution < -0.4 is 9.47 Å². The smallest absolute Gasteiger partial charge is 0.311 e. The van der Waals surface area contributed by atoms with Crippen LogP contribution in [0.4, 0.5) is 10.1 Å². The zero-order chi connectivity index (χ0) is 14.7. The number of hydrogen-bond acceptors (Lipinski definition) is 4. The molecule has 0 unspecified atom stereocenters. The van der Waals surface area contributed by atoms with Crippen LogP contribution in [0.3, 0.4) is 0 Å². The Kier molecular flexibility index (Phi) is 4.19. The summed E-state index contributed by atoms with van der Waals surface area (Å²) in [5, 5.41) is 10.9. The summed E-state index contributed by atoms with van der Waals surface area (Å²) >= 11 is 3.18. The highest BCUT2D eigenvalue weighted by Gasteiger charge is 2.18. The van der Waals surface area contributed by atoms with Gasteiger partial charge >= 0.3 is 5.69 Å². The lowest BCUT2D eigenvalue weighted by Gasteiger charge is -2.09. The van der Waals surface area contributed by atoms with Crippen LogP contribution in [0.25, 0.3) is 0 Å². The Morgan fingerprint density at radius 2 is 1.95 bits per heavy atom. The maximum absolute atomic E-state index is 13.6. The van der Waals surface area contributed by atoms with Gasteiger partial charge in [0.15, 0.2) is 11.6 Å². The Morgan fingerprint density at radius 3 is 2.60 bits per heavy atom. The zero-order valence-corrected chi connectivity index (χ0v) is 11.9. The molecule has 2 aromatic rings. The van der Waals surface area contributed by atoms with E-state index in [0.717, 1.165) is 0 Å². The van der Waals surface area contributed by atoms with Crippen molar-refractivity contribution in [3.8, 4) is 17.2 Å². The van der Waals surface area contributed by atoms with Gasteiger partial charge in [-0.2, -0.15) is 0 Å². The van der Waals surface area contributed by atoms with Gasteiger partial charge in [-0.05, 0) is 24.3 Å². The lowest BCUT2D eigenvalue weighted by Crippen LogP contribution is -1.96. The molecule has 7 heteroatoms. The second-order valence-electron chi connectivity index (χ2n) is 3.77. The summed E-state index contributed by atoms with van der Waals surface area (Å²) in [4.78, 5) is 10.3. The summed E-state index contributed by atoms with van der Waals surface area (Å²) in [7, 11) is 1.42. The first-order valence-corrected chi connectivity index (χ1v) is 6.26. The number of nitro groups is 1. The number of nitro benzene ring substituents is 1. The number of ether oxygens (including phenoxy) is 2. The summed E-state index contributed by atoms with van der Waals surface area (Å²) in [6, 6.07) is 8.09. The first kappa shape index (κ1) is 14.3. The monoisotopic (exact) mass is 341 g/mol. The third-order valence-electron chi connectivity index (χ3n) is 2.48. The first-order valence-electron chi connectivity index (χ1n) is 5.46. The van der Waals surface area contributed by atoms with Gasteiger partial charge < -0.3 is 9.47 Å². The molecule has 0 aliphatic rings. The van der Waals surface area contributed by atoms with Crippen LogP contribution in [0.2, 0.25) is 0 Å². The van der Waals surface area contributed by atoms with E-state index in [2.05, 4.69) is 15.9 Å². The topological polar surface area (TPSA) is 61.6 Å². The SMILES string of the molecule is COc1ccc([N+](=O)[O-])c(Oc2cc(Br)ccc2F)c1. The van der Waals surface area contributed by atoms with Gasteiger partial charge in [-0.1, -0.05) is 15.9 Å². The summed E-state index contributed by atoms with van der Waals surface area (Å²) < 4.78 is 24.5. The molecule has 0 saturated carbocycles. The van der Waals surface area contributed by atoms with Crippen molar-refractivity contribution in [1.29, 1.82) is 0 Å². The standard InChI is InChI=1S/C13H9BrFNO4/c1-19-9-3-5-11(16(17)18)13(7-9)20-12-6-8(14)2-4-10(12)15/h2-7H,1H3. The van der Waals surface area contributed by atoms with E-state index in [4.69, 9.17) is 9.47 Å². The summed E-state index contributed by atoms with van der Waals surface area (Å²) in [6.45, 7) is 0. The van der Waals surface area contributed by atoms with E-state index < -0.39 is 10.7 Å². The molecule has 2 rings (SSSR count). The summed E-state index contributed by atoms with van der Waals surface area (Å²) in [5.41, 5.74) is -0.273. The molecule has 0 saturated heterocycles. The van der Waals surface area contributed by atoms with Crippen molar-refractivity contribution >= 4 is 21.6 Å². The number of halogens is 2. The van der Waals surface area contributed by atoms with Crippen molar-refractivity contribution in [3.63, 3.8) is 0 Å². The summed E-state index contributed by atoms with van der Waals surface area (Å²) in [6.07, 6.45) is 0. The van der Waals surface area contributed by atoms with Gasteiger partial charge in [-0.15, -0.1) is 0 Å². The van der Waals surface area contributed by atoms with E-state index in [1.165, 1.54) is 43.5 Å². The zero-order valence-electron chi connectivity index (χ0n) is 10.3. The summed E-state index contributed by atoms with van der Waals surface area (Å²) in [5.74, 6) is -0.451. The molecular formula is C13H9BrFNO4. The van der Waals surface area contributed by atoms with E-state index in [1.807, 2.05) is 0 Å². The van der Waals surface area contributed by atoms with E-state index >= 15 is 0 Å². The molecular weight excluding hydrogens is 333 g/mol. The highest BCUT2D eigenvalue weighted by atomic mass is 79.9. The second-order valence-corrected chi connectivity index (χ2v) is 4.68. The maximum atomic E-state index is 13.6. The molecule has 0 atom stereocenters. The normalized spacial score (nSPS) is 10.2. The van der Waals surface area contributed by atoms with Crippen LogP contribution in [-0.4, -0.2) is 12.0 Å². The fraction of sp³-hybridized carbons (Fsp3) is 0.0769. The number of benzene rings is 2. The van der Waals surface area contributed by atoms with Crippen LogP contribution in [0.5, 0.6) is 17.2 Å². The fourth-order valence-corrected chi connectivity index (χ4v) is 1.87. The fourth-order valence-electron chi connectivity index (χ4n) is 1.53. The highest BCUT2D eigenvalue weighted by molar-refractivity contribution is 9.10. The molecule has 0 aliphatic heterocycles. The van der Waals surface area contributed by atoms with Crippen LogP contribution in [-0.2, 0) is 0 Å². The van der Waals surface area contributed by atoms with Crippen molar-refractivity contribution < 1.29 is 18.8 Å². The van der Waals surface area contributed by atoms with Gasteiger partial charge in [-0.3, -0.25) is 10.1 Å². The molecule has 20 heavy (non-hydrogen) atoms. The Balaban J connectivity index is 2.45. The predicted molar refractivity (Wildman–Crippen MR) is 73.8 cm³/mol. The average Bonchev–Trinajstić information content (AvgIpc) is 2.42. The van der Waals surface area contributed by atoms with Gasteiger partial charge in [-0.25, -0.2) is 4.39 Å². The number of rotatable bonds is 4. The van der Waals surface area contributed by atoms with E-state index in [1.54, 1.807) is 0 Å². The van der Waals surface area contributed by atoms with Gasteiger partial charge in [0.25, 0.3) is 0 Å². The minimum absolute atomic E-state index is 0.0913. The van der Waals surface area contributed by atoms with Gasteiger partial charge in [0.05, 0.1) is 12.0 Å². The average molecular weight is 342 g/mol. The third kappa shape index (κ3) is 3.05. The molecule has 2 aromatic carbocycles. The molecule has 0 amide bonds. The van der Waals surface area contributed by atoms with Crippen molar-refractivity contribution in [1.82, 2.24) is 0 Å². The van der Waals surface area contributed by atoms with Crippen LogP contribution in [0.1, 0.15) is 0 Å². The van der Waals surface area contributed by atoms with E-state index in [9.17, 15) is 14.5 Å². The Bertz CT molecular complexity index is 663. The van der Waals surface area contributed by atoms with E-state index in [-0.39, 0.29) is 17.2 Å². The Hall–Kier alpha value is -2.15. The van der Waals surface area contributed by atoms with Crippen molar-refractivity contribution in [2.75, 3.05) is 7.11 Å². The predicted octanol–water partition coefficient (Wildman–Crippen LogP) is 4.30. The van der Waals surface area contributed by atoms with E-state index in [0.29, 0.717) is 10.2 Å². The third-order valence-corrected chi connectivity index (χ3v) is 2.97. The van der Waals surface area contributed by atoms with Crippen LogP contribution in [0, 0.1) is 15.9 Å². The Labute approximate surface area is 122 Å². The minimum Gasteiger partial charge on any atom is -0.497 e. The minimum atomic E-state index is -0.620. The first-order chi connectivity index (χ1) is 9.51. The number of nitrogens with zero attached hydrogens (tertiary/aromatic N) is 1. The van der Waals surface area contributed by atoms with Crippen molar-refractivity contribution in [2.24, 2.45) is 0 Å². The maximum Gasteiger partial charge on any atom is 0.311 e. The molecule has 104 valence electrons. The van der Waals surface area contributed by atoms with Crippen LogP contribution in [0.15, 0.2) is 40.9 Å². The number of hydrogen-bond donors (Lipinski definition) is 0. The lowest BCUT2D eigenvalue weighted by atomic mass is 10.2. The second kappa shape index (κ2) is 5.87. The molecule has 0 heterocycles. The molecule has 5 nitrogen and oxygen atoms in total. The molecule has 0 bridgehead atoms. The Morgan fingerprint density at radius 1 is 1.20 bits per heavy atom. The van der Waals surface area contributed by atoms with Crippen molar-refractivity contribution in [2.45, 2.75) is 0 Å². The van der Waals surface area contributed by atoms with Crippen LogP contribution >= 0.6 is 15.9 Å². The lowest BCUT2D eigenvalue weighted by molar-refractivity contribution is -0.385. The highest BCUT2D eigenvalue weighted by Crippen LogP contribution is 2.36.